The summed E-state index contributed by atoms with van der Waals surface area (Å²) in [6.45, 7) is 19.9. The second kappa shape index (κ2) is 15.3. The number of ether oxygens (including phenoxy) is 4. The highest BCUT2D eigenvalue weighted by atomic mass is 35.5. The third-order valence-electron chi connectivity index (χ3n) is 11.0. The van der Waals surface area contributed by atoms with E-state index in [2.05, 4.69) is 65.6 Å². The second-order valence-corrected chi connectivity index (χ2v) is 29.8. The van der Waals surface area contributed by atoms with Gasteiger partial charge in [-0.3, -0.25) is 8.75 Å². The molecule has 3 aromatic rings. The lowest BCUT2D eigenvalue weighted by atomic mass is 9.82. The van der Waals surface area contributed by atoms with Crippen molar-refractivity contribution in [1.82, 2.24) is 14.5 Å². The highest BCUT2D eigenvalue weighted by Crippen LogP contribution is 2.41. The van der Waals surface area contributed by atoms with E-state index in [1.165, 1.54) is 5.56 Å². The molecular formula is C37H56ClN3O8SSi2. The van der Waals surface area contributed by atoms with Gasteiger partial charge in [0.25, 0.3) is 10.1 Å². The molecule has 1 aliphatic carbocycles. The average Bonchev–Trinajstić information content (AvgIpc) is 3.72. The molecule has 11 nitrogen and oxygen atoms in total. The summed E-state index contributed by atoms with van der Waals surface area (Å²) >= 11 is 6.88. The van der Waals surface area contributed by atoms with Crippen molar-refractivity contribution in [2.45, 2.75) is 133 Å². The first-order chi connectivity index (χ1) is 24.3. The molecule has 3 fully saturated rings. The van der Waals surface area contributed by atoms with E-state index in [4.69, 9.17) is 49.1 Å². The zero-order valence-corrected chi connectivity index (χ0v) is 35.7. The van der Waals surface area contributed by atoms with Crippen molar-refractivity contribution in [3.05, 3.63) is 40.9 Å². The summed E-state index contributed by atoms with van der Waals surface area (Å²) in [5.41, 5.74) is 3.98. The smallest absolute Gasteiger partial charge is 0.301 e. The maximum absolute atomic E-state index is 11.6. The third-order valence-corrected chi connectivity index (χ3v) is 18.1. The van der Waals surface area contributed by atoms with Gasteiger partial charge in [0.1, 0.15) is 24.5 Å². The lowest BCUT2D eigenvalue weighted by Gasteiger charge is -2.39. The van der Waals surface area contributed by atoms with Crippen LogP contribution in [0.15, 0.2) is 30.3 Å². The fraction of sp³-hybridized carbons (Fsp3) is 0.676. The number of aromatic nitrogens is 3. The number of hydrogen-bond donors (Lipinski definition) is 0. The molecule has 0 unspecified atom stereocenters. The van der Waals surface area contributed by atoms with Crippen molar-refractivity contribution >= 4 is 49.3 Å². The van der Waals surface area contributed by atoms with Crippen LogP contribution in [0.2, 0.25) is 48.8 Å². The van der Waals surface area contributed by atoms with Crippen LogP contribution < -0.4 is 4.74 Å². The number of nitrogens with zero attached hydrogens (tertiary/aromatic N) is 3. The molecule has 15 heteroatoms. The van der Waals surface area contributed by atoms with Crippen molar-refractivity contribution in [2.24, 2.45) is 0 Å². The van der Waals surface area contributed by atoms with E-state index in [-0.39, 0.29) is 42.3 Å². The molecule has 0 radical (unpaired) electrons. The first kappa shape index (κ1) is 39.8. The van der Waals surface area contributed by atoms with E-state index in [0.29, 0.717) is 66.5 Å². The van der Waals surface area contributed by atoms with E-state index in [9.17, 15) is 8.42 Å². The van der Waals surface area contributed by atoms with E-state index in [1.54, 1.807) is 0 Å². The first-order valence-corrected chi connectivity index (χ1v) is 27.3. The summed E-state index contributed by atoms with van der Waals surface area (Å²) in [6.07, 6.45) is 3.04. The minimum atomic E-state index is -3.45. The molecule has 0 amide bonds. The SMILES string of the molecule is CC(C)(C)[Si](C)(C)O[C@@H]1CO[C@H]2[C@@H]1OC[C@H]2Oc1nc2cc(Cl)c(-c3ccc(C4CCC(OS(C)(=O)=O)CC4)cc3)nc2n1COCC[Si](C)(C)C. The zero-order chi connectivity index (χ0) is 37.6. The molecule has 2 aliphatic heterocycles. The van der Waals surface area contributed by atoms with Gasteiger partial charge in [-0.15, -0.1) is 0 Å². The predicted molar refractivity (Wildman–Crippen MR) is 209 cm³/mol. The number of imidazole rings is 1. The molecular weight excluding hydrogens is 738 g/mol. The second-order valence-electron chi connectivity index (χ2n) is 17.4. The maximum Gasteiger partial charge on any atom is 0.301 e. The van der Waals surface area contributed by atoms with Gasteiger partial charge in [0.2, 0.25) is 0 Å². The van der Waals surface area contributed by atoms with Crippen LogP contribution in [0.25, 0.3) is 22.4 Å². The Labute approximate surface area is 316 Å². The predicted octanol–water partition coefficient (Wildman–Crippen LogP) is 8.00. The minimum absolute atomic E-state index is 0.0768. The highest BCUT2D eigenvalue weighted by Gasteiger charge is 2.52. The average molecular weight is 795 g/mol. The van der Waals surface area contributed by atoms with E-state index in [1.807, 2.05) is 22.8 Å². The van der Waals surface area contributed by atoms with Crippen LogP contribution in [0.5, 0.6) is 6.01 Å². The molecule has 4 heterocycles. The lowest BCUT2D eigenvalue weighted by molar-refractivity contribution is 0.00687. The van der Waals surface area contributed by atoms with Gasteiger partial charge < -0.3 is 23.4 Å². The first-order valence-electron chi connectivity index (χ1n) is 18.5. The molecule has 2 saturated heterocycles. The standard InChI is InChI=1S/C37H56ClN3O8SSi2/c1-37(2,3)52(8,9)49-31-22-46-33-30(21-45-34(31)33)47-36-39-29-20-28(38)32(40-35(29)41(36)23-44-18-19-51(5,6)7)26-12-10-24(11-13-26)25-14-16-27(17-15-25)48-50(4,42)43/h10-13,20,25,27,30-31,33-34H,14-19,21-23H2,1-9H3/t25?,27?,30-,31-,33-,34-/m1/s1. The molecule has 3 aliphatic rings. The Bertz CT molecular complexity index is 1820. The van der Waals surface area contributed by atoms with Crippen LogP contribution in [-0.4, -0.2) is 95.9 Å². The summed E-state index contributed by atoms with van der Waals surface area (Å²) in [5.74, 6) is 0.339. The third kappa shape index (κ3) is 9.31. The van der Waals surface area contributed by atoms with Gasteiger partial charge in [0, 0.05) is 20.2 Å². The molecule has 2 aromatic heterocycles. The Hall–Kier alpha value is -1.89. The fourth-order valence-corrected chi connectivity index (χ4v) is 9.93. The maximum atomic E-state index is 11.6. The monoisotopic (exact) mass is 793 g/mol. The number of fused-ring (bicyclic) bond motifs is 2. The van der Waals surface area contributed by atoms with E-state index >= 15 is 0 Å². The van der Waals surface area contributed by atoms with Crippen molar-refractivity contribution in [3.8, 4) is 17.3 Å². The summed E-state index contributed by atoms with van der Waals surface area (Å²) in [4.78, 5) is 9.93. The zero-order valence-electron chi connectivity index (χ0n) is 32.1. The quantitative estimate of drug-likeness (QED) is 0.0957. The van der Waals surface area contributed by atoms with Crippen LogP contribution in [0.4, 0.5) is 0 Å². The van der Waals surface area contributed by atoms with Crippen molar-refractivity contribution in [1.29, 1.82) is 0 Å². The Kier molecular flexibility index (Phi) is 11.7. The summed E-state index contributed by atoms with van der Waals surface area (Å²) in [5, 5.41) is 0.566. The highest BCUT2D eigenvalue weighted by molar-refractivity contribution is 7.86. The summed E-state index contributed by atoms with van der Waals surface area (Å²) in [7, 11) is -6.78. The fourth-order valence-electron chi connectivity index (χ4n) is 6.92. The van der Waals surface area contributed by atoms with Crippen LogP contribution in [-0.2, 0) is 39.7 Å². The molecule has 4 atom stereocenters. The van der Waals surface area contributed by atoms with Crippen LogP contribution in [0.3, 0.4) is 0 Å². The van der Waals surface area contributed by atoms with Gasteiger partial charge in [0.05, 0.1) is 42.4 Å². The summed E-state index contributed by atoms with van der Waals surface area (Å²) < 4.78 is 62.4. The number of hydrogen-bond acceptors (Lipinski definition) is 10. The number of halogens is 1. The number of benzene rings is 1. The van der Waals surface area contributed by atoms with E-state index in [0.717, 1.165) is 30.7 Å². The number of pyridine rings is 1. The van der Waals surface area contributed by atoms with Crippen LogP contribution >= 0.6 is 11.6 Å². The van der Waals surface area contributed by atoms with Gasteiger partial charge in [-0.1, -0.05) is 76.3 Å². The van der Waals surface area contributed by atoms with Crippen molar-refractivity contribution in [3.63, 3.8) is 0 Å². The van der Waals surface area contributed by atoms with Crippen LogP contribution in [0, 0.1) is 0 Å². The molecule has 6 rings (SSSR count). The molecule has 0 bridgehead atoms. The Morgan fingerprint density at radius 3 is 2.19 bits per heavy atom. The molecule has 52 heavy (non-hydrogen) atoms. The van der Waals surface area contributed by atoms with Gasteiger partial charge >= 0.3 is 6.01 Å². The summed E-state index contributed by atoms with van der Waals surface area (Å²) in [6, 6.07) is 11.6. The molecule has 0 spiro atoms. The van der Waals surface area contributed by atoms with Gasteiger partial charge in [-0.05, 0) is 67.4 Å². The topological polar surface area (TPSA) is 120 Å². The van der Waals surface area contributed by atoms with Gasteiger partial charge in [-0.2, -0.15) is 13.4 Å². The normalized spacial score (nSPS) is 25.9. The van der Waals surface area contributed by atoms with Crippen molar-refractivity contribution in [2.75, 3.05) is 26.1 Å². The molecule has 1 aromatic carbocycles. The molecule has 0 N–H and O–H groups in total. The lowest BCUT2D eigenvalue weighted by Crippen LogP contribution is -2.47. The minimum Gasteiger partial charge on any atom is -0.456 e. The Morgan fingerprint density at radius 2 is 1.58 bits per heavy atom. The van der Waals surface area contributed by atoms with Gasteiger partial charge in [0.15, 0.2) is 20.1 Å². The molecule has 1 saturated carbocycles. The number of rotatable bonds is 13. The van der Waals surface area contributed by atoms with E-state index < -0.39 is 26.5 Å². The Morgan fingerprint density at radius 1 is 0.942 bits per heavy atom. The van der Waals surface area contributed by atoms with Crippen LogP contribution in [0.1, 0.15) is 57.9 Å². The van der Waals surface area contributed by atoms with Gasteiger partial charge in [-0.25, -0.2) is 4.98 Å². The molecule has 288 valence electrons. The Balaban J connectivity index is 1.21. The van der Waals surface area contributed by atoms with Crippen molar-refractivity contribution < 1.29 is 36.0 Å². The largest absolute Gasteiger partial charge is 0.456 e.